The predicted molar refractivity (Wildman–Crippen MR) is 46.3 cm³/mol. The number of hydrogen-bond donors (Lipinski definition) is 3. The summed E-state index contributed by atoms with van der Waals surface area (Å²) in [5.41, 5.74) is -2.64. The Kier molecular flexibility index (Phi) is 2.56. The maximum Gasteiger partial charge on any atom is 0.328 e. The van der Waals surface area contributed by atoms with Crippen LogP contribution < -0.4 is 0 Å². The second kappa shape index (κ2) is 3.52. The summed E-state index contributed by atoms with van der Waals surface area (Å²) < 4.78 is 0. The second-order valence-corrected chi connectivity index (χ2v) is 3.03. The van der Waals surface area contributed by atoms with Crippen molar-refractivity contribution >= 4 is 17.7 Å². The first kappa shape index (κ1) is 10.9. The maximum atomic E-state index is 11.6. The zero-order chi connectivity index (χ0) is 11.6. The van der Waals surface area contributed by atoms with Gasteiger partial charge in [-0.3, -0.25) is 14.4 Å². The summed E-state index contributed by atoms with van der Waals surface area (Å²) in [4.78, 5) is 39.0. The first-order valence-electron chi connectivity index (χ1n) is 3.90. The van der Waals surface area contributed by atoms with Gasteiger partial charge in [-0.05, 0) is 6.92 Å². The molecule has 1 rings (SSSR count). The summed E-state index contributed by atoms with van der Waals surface area (Å²) in [5, 5.41) is 17.5. The van der Waals surface area contributed by atoms with E-state index in [0.717, 1.165) is 19.4 Å². The van der Waals surface area contributed by atoms with Crippen molar-refractivity contribution in [3.05, 3.63) is 18.2 Å². The van der Waals surface area contributed by atoms with Gasteiger partial charge in [-0.2, -0.15) is 0 Å². The number of aromatic nitrogens is 2. The highest BCUT2D eigenvalue weighted by Gasteiger charge is 2.49. The summed E-state index contributed by atoms with van der Waals surface area (Å²) >= 11 is 0. The van der Waals surface area contributed by atoms with Gasteiger partial charge < -0.3 is 15.2 Å². The molecule has 7 heteroatoms. The zero-order valence-electron chi connectivity index (χ0n) is 7.72. The first-order chi connectivity index (χ1) is 6.90. The highest BCUT2D eigenvalue weighted by Crippen LogP contribution is 2.22. The molecule has 0 amide bonds. The number of hydrogen-bond acceptors (Lipinski definition) is 4. The molecule has 0 aliphatic carbocycles. The van der Waals surface area contributed by atoms with Crippen LogP contribution in [0.15, 0.2) is 12.5 Å². The van der Waals surface area contributed by atoms with E-state index in [2.05, 4.69) is 9.97 Å². The number of rotatable bonds is 4. The summed E-state index contributed by atoms with van der Waals surface area (Å²) in [7, 11) is 0. The summed E-state index contributed by atoms with van der Waals surface area (Å²) in [6.07, 6.45) is 2.24. The van der Waals surface area contributed by atoms with Crippen LogP contribution in [0.2, 0.25) is 0 Å². The van der Waals surface area contributed by atoms with E-state index in [0.29, 0.717) is 0 Å². The lowest BCUT2D eigenvalue weighted by atomic mass is 9.84. The van der Waals surface area contributed by atoms with Gasteiger partial charge in [-0.25, -0.2) is 4.98 Å². The molecule has 1 aromatic heterocycles. The van der Waals surface area contributed by atoms with Gasteiger partial charge in [-0.15, -0.1) is 0 Å². The first-order valence-corrected chi connectivity index (χ1v) is 3.90. The van der Waals surface area contributed by atoms with E-state index in [1.807, 2.05) is 0 Å². The lowest BCUT2D eigenvalue weighted by Gasteiger charge is -2.16. The number of carboxylic acid groups (broad SMARTS) is 2. The van der Waals surface area contributed by atoms with Crippen LogP contribution in [-0.2, 0) is 9.59 Å². The van der Waals surface area contributed by atoms with Gasteiger partial charge in [0.15, 0.2) is 0 Å². The second-order valence-electron chi connectivity index (χ2n) is 3.03. The normalized spacial score (nSPS) is 11.0. The van der Waals surface area contributed by atoms with Crippen LogP contribution in [0.25, 0.3) is 0 Å². The molecule has 1 aromatic rings. The topological polar surface area (TPSA) is 120 Å². The van der Waals surface area contributed by atoms with Gasteiger partial charge in [0.05, 0.1) is 12.5 Å². The van der Waals surface area contributed by atoms with Gasteiger partial charge in [0, 0.05) is 0 Å². The molecule has 0 atom stereocenters. The molecule has 0 aromatic carbocycles. The Balaban J connectivity index is 3.18. The van der Waals surface area contributed by atoms with Crippen LogP contribution in [0.4, 0.5) is 0 Å². The highest BCUT2D eigenvalue weighted by molar-refractivity contribution is 6.23. The minimum atomic E-state index is -2.49. The fourth-order valence-corrected chi connectivity index (χ4v) is 0.935. The molecule has 80 valence electrons. The Bertz CT molecular complexity index is 395. The van der Waals surface area contributed by atoms with Crippen molar-refractivity contribution in [3.63, 3.8) is 0 Å². The molecule has 0 fully saturated rings. The van der Waals surface area contributed by atoms with Gasteiger partial charge in [0.1, 0.15) is 5.69 Å². The monoisotopic (exact) mass is 212 g/mol. The summed E-state index contributed by atoms with van der Waals surface area (Å²) in [5.74, 6) is -4.47. The molecular weight excluding hydrogens is 204 g/mol. The van der Waals surface area contributed by atoms with Crippen molar-refractivity contribution in [1.82, 2.24) is 9.97 Å². The van der Waals surface area contributed by atoms with E-state index >= 15 is 0 Å². The molecule has 0 radical (unpaired) electrons. The molecule has 0 spiro atoms. The number of carboxylic acids is 2. The van der Waals surface area contributed by atoms with E-state index < -0.39 is 23.1 Å². The predicted octanol–water partition coefficient (Wildman–Crippen LogP) is -0.232. The Hall–Kier alpha value is -2.18. The van der Waals surface area contributed by atoms with E-state index in [1.54, 1.807) is 0 Å². The lowest BCUT2D eigenvalue weighted by molar-refractivity contribution is -0.159. The average molecular weight is 212 g/mol. The lowest BCUT2D eigenvalue weighted by Crippen LogP contribution is -2.43. The third-order valence-electron chi connectivity index (χ3n) is 2.05. The van der Waals surface area contributed by atoms with Crippen molar-refractivity contribution in [2.24, 2.45) is 5.41 Å². The van der Waals surface area contributed by atoms with Crippen molar-refractivity contribution in [1.29, 1.82) is 0 Å². The highest BCUT2D eigenvalue weighted by atomic mass is 16.4. The van der Waals surface area contributed by atoms with Gasteiger partial charge in [0.2, 0.25) is 11.2 Å². The number of carbonyl (C=O) groups excluding carboxylic acids is 1. The fourth-order valence-electron chi connectivity index (χ4n) is 0.935. The summed E-state index contributed by atoms with van der Waals surface area (Å²) in [6.45, 7) is 0.834. The third kappa shape index (κ3) is 1.58. The molecule has 7 nitrogen and oxygen atoms in total. The largest absolute Gasteiger partial charge is 0.480 e. The molecule has 1 heterocycles. The van der Waals surface area contributed by atoms with E-state index in [4.69, 9.17) is 10.2 Å². The molecule has 15 heavy (non-hydrogen) atoms. The molecule has 0 saturated heterocycles. The van der Waals surface area contributed by atoms with Crippen LogP contribution in [0.1, 0.15) is 17.4 Å². The third-order valence-corrected chi connectivity index (χ3v) is 2.05. The quantitative estimate of drug-likeness (QED) is 0.468. The summed E-state index contributed by atoms with van der Waals surface area (Å²) in [6, 6.07) is 0. The van der Waals surface area contributed by atoms with Crippen molar-refractivity contribution in [2.75, 3.05) is 0 Å². The number of imidazole rings is 1. The van der Waals surface area contributed by atoms with Crippen molar-refractivity contribution in [2.45, 2.75) is 6.92 Å². The number of H-pyrrole nitrogens is 1. The maximum absolute atomic E-state index is 11.6. The van der Waals surface area contributed by atoms with Gasteiger partial charge in [0.25, 0.3) is 0 Å². The van der Waals surface area contributed by atoms with Gasteiger partial charge in [-0.1, -0.05) is 0 Å². The van der Waals surface area contributed by atoms with Gasteiger partial charge >= 0.3 is 11.9 Å². The Morgan fingerprint density at radius 3 is 2.20 bits per heavy atom. The Morgan fingerprint density at radius 2 is 1.87 bits per heavy atom. The molecule has 0 aliphatic rings. The van der Waals surface area contributed by atoms with Crippen molar-refractivity contribution < 1.29 is 24.6 Å². The Morgan fingerprint density at radius 1 is 1.33 bits per heavy atom. The van der Waals surface area contributed by atoms with Crippen LogP contribution in [0, 0.1) is 5.41 Å². The number of ketones is 1. The standard InChI is InChI=1S/C8H8N2O5/c1-8(6(12)13,7(14)15)5(11)4-2-9-3-10-4/h2-3H,1H3,(H,9,10)(H,12,13)(H,14,15). The zero-order valence-corrected chi connectivity index (χ0v) is 7.72. The van der Waals surface area contributed by atoms with Crippen LogP contribution in [-0.4, -0.2) is 37.9 Å². The molecule has 0 aliphatic heterocycles. The minimum absolute atomic E-state index is 0.151. The van der Waals surface area contributed by atoms with E-state index in [-0.39, 0.29) is 5.69 Å². The van der Waals surface area contributed by atoms with E-state index in [9.17, 15) is 14.4 Å². The number of carbonyl (C=O) groups is 3. The number of aliphatic carboxylic acids is 2. The minimum Gasteiger partial charge on any atom is -0.480 e. The molecule has 0 unspecified atom stereocenters. The van der Waals surface area contributed by atoms with Crippen LogP contribution >= 0.6 is 0 Å². The molecule has 0 saturated carbocycles. The number of nitrogens with zero attached hydrogens (tertiary/aromatic N) is 1. The van der Waals surface area contributed by atoms with Crippen molar-refractivity contribution in [3.8, 4) is 0 Å². The molecular formula is C8H8N2O5. The SMILES string of the molecule is CC(C(=O)O)(C(=O)O)C(=O)c1cnc[nH]1. The number of aromatic amines is 1. The number of nitrogens with one attached hydrogen (secondary N) is 1. The van der Waals surface area contributed by atoms with Crippen LogP contribution in [0.3, 0.4) is 0 Å². The molecule has 0 bridgehead atoms. The smallest absolute Gasteiger partial charge is 0.328 e. The average Bonchev–Trinajstić information content (AvgIpc) is 2.67. The fraction of sp³-hybridized carbons (Fsp3) is 0.250. The van der Waals surface area contributed by atoms with Crippen LogP contribution in [0.5, 0.6) is 0 Å². The molecule has 3 N–H and O–H groups in total. The number of Topliss-reactive ketones (excluding diaryl/α,β-unsaturated/α-hetero) is 1. The Labute approximate surface area is 83.8 Å². The van der Waals surface area contributed by atoms with E-state index in [1.165, 1.54) is 0 Å².